The Bertz CT molecular complexity index is 758. The minimum absolute atomic E-state index is 0.138. The molecule has 0 aliphatic carbocycles. The predicted octanol–water partition coefficient (Wildman–Crippen LogP) is 3.78. The molecular formula is C15H14Cl2N2O4. The van der Waals surface area contributed by atoms with Crippen LogP contribution in [0.5, 0.6) is 0 Å². The van der Waals surface area contributed by atoms with E-state index in [0.717, 1.165) is 0 Å². The first-order chi connectivity index (χ1) is 10.8. The Morgan fingerprint density at radius 2 is 2.00 bits per heavy atom. The van der Waals surface area contributed by atoms with Crippen molar-refractivity contribution in [1.82, 2.24) is 4.98 Å². The molecule has 1 atom stereocenters. The number of amides is 1. The Hall–Kier alpha value is -2.05. The molecule has 0 aromatic carbocycles. The van der Waals surface area contributed by atoms with E-state index in [1.807, 2.05) is 0 Å². The van der Waals surface area contributed by atoms with Crippen LogP contribution in [0, 0.1) is 13.8 Å². The summed E-state index contributed by atoms with van der Waals surface area (Å²) in [5.41, 5.74) is 0.282. The highest BCUT2D eigenvalue weighted by Crippen LogP contribution is 2.23. The van der Waals surface area contributed by atoms with Crippen LogP contribution in [0.1, 0.15) is 28.8 Å². The molecule has 0 spiro atoms. The van der Waals surface area contributed by atoms with Crippen molar-refractivity contribution in [1.29, 1.82) is 0 Å². The van der Waals surface area contributed by atoms with Crippen molar-refractivity contribution in [3.63, 3.8) is 0 Å². The van der Waals surface area contributed by atoms with Crippen molar-refractivity contribution >= 4 is 40.9 Å². The molecule has 2 rings (SSSR count). The van der Waals surface area contributed by atoms with E-state index in [-0.39, 0.29) is 16.4 Å². The number of nitrogens with zero attached hydrogens (tertiary/aromatic N) is 1. The smallest absolute Gasteiger partial charge is 0.342 e. The van der Waals surface area contributed by atoms with Crippen LogP contribution in [0.25, 0.3) is 0 Å². The number of hydrogen-bond acceptors (Lipinski definition) is 5. The fourth-order valence-electron chi connectivity index (χ4n) is 1.84. The third kappa shape index (κ3) is 4.24. The monoisotopic (exact) mass is 356 g/mol. The first kappa shape index (κ1) is 17.3. The summed E-state index contributed by atoms with van der Waals surface area (Å²) in [5, 5.41) is 3.00. The van der Waals surface area contributed by atoms with Crippen molar-refractivity contribution in [2.75, 3.05) is 5.32 Å². The van der Waals surface area contributed by atoms with Gasteiger partial charge in [-0.05, 0) is 32.9 Å². The summed E-state index contributed by atoms with van der Waals surface area (Å²) in [5.74, 6) is -0.0457. The third-order valence-electron chi connectivity index (χ3n) is 2.96. The standard InChI is InChI=1S/C15H14Cl2N2O4/c1-7-4-11(8(2)22-7)15(21)23-9(3)14(20)19-13-12(17)5-10(16)6-18-13/h4-6,9H,1-3H3,(H,18,19,20)/t9-/m1/s1. The van der Waals surface area contributed by atoms with Crippen LogP contribution in [-0.4, -0.2) is 23.0 Å². The number of carbonyl (C=O) groups excluding carboxylic acids is 2. The zero-order valence-electron chi connectivity index (χ0n) is 12.6. The fourth-order valence-corrected chi connectivity index (χ4v) is 2.26. The Morgan fingerprint density at radius 1 is 1.30 bits per heavy atom. The van der Waals surface area contributed by atoms with E-state index in [1.165, 1.54) is 19.2 Å². The van der Waals surface area contributed by atoms with Gasteiger partial charge in [-0.3, -0.25) is 4.79 Å². The van der Waals surface area contributed by atoms with E-state index >= 15 is 0 Å². The van der Waals surface area contributed by atoms with E-state index in [4.69, 9.17) is 32.4 Å². The normalized spacial score (nSPS) is 11.9. The third-order valence-corrected chi connectivity index (χ3v) is 3.46. The number of furan rings is 1. The van der Waals surface area contributed by atoms with E-state index in [0.29, 0.717) is 16.5 Å². The van der Waals surface area contributed by atoms with Gasteiger partial charge in [0.25, 0.3) is 5.91 Å². The highest BCUT2D eigenvalue weighted by molar-refractivity contribution is 6.36. The molecule has 23 heavy (non-hydrogen) atoms. The molecule has 2 aromatic heterocycles. The minimum Gasteiger partial charge on any atom is -0.466 e. The van der Waals surface area contributed by atoms with Crippen LogP contribution in [-0.2, 0) is 9.53 Å². The highest BCUT2D eigenvalue weighted by Gasteiger charge is 2.22. The second-order valence-corrected chi connectivity index (χ2v) is 5.69. The van der Waals surface area contributed by atoms with Crippen molar-refractivity contribution in [3.05, 3.63) is 45.5 Å². The molecule has 1 N–H and O–H groups in total. The summed E-state index contributed by atoms with van der Waals surface area (Å²) in [7, 11) is 0. The van der Waals surface area contributed by atoms with Crippen LogP contribution in [0.15, 0.2) is 22.7 Å². The molecule has 8 heteroatoms. The topological polar surface area (TPSA) is 81.4 Å². The number of halogens is 2. The van der Waals surface area contributed by atoms with Crippen LogP contribution < -0.4 is 5.32 Å². The molecule has 1 amide bonds. The summed E-state index contributed by atoms with van der Waals surface area (Å²) in [6.07, 6.45) is 0.308. The van der Waals surface area contributed by atoms with Gasteiger partial charge in [0.1, 0.15) is 17.1 Å². The number of esters is 1. The number of rotatable bonds is 4. The molecule has 0 saturated carbocycles. The van der Waals surface area contributed by atoms with Crippen molar-refractivity contribution in [3.8, 4) is 0 Å². The average Bonchev–Trinajstić information content (AvgIpc) is 2.80. The average molecular weight is 357 g/mol. The summed E-state index contributed by atoms with van der Waals surface area (Å²) in [4.78, 5) is 28.0. The zero-order chi connectivity index (χ0) is 17.1. The largest absolute Gasteiger partial charge is 0.466 e. The van der Waals surface area contributed by atoms with E-state index < -0.39 is 18.0 Å². The molecule has 2 heterocycles. The number of hydrogen-bond donors (Lipinski definition) is 1. The molecule has 0 radical (unpaired) electrons. The number of ether oxygens (including phenoxy) is 1. The Kier molecular flexibility index (Phi) is 5.28. The summed E-state index contributed by atoms with van der Waals surface area (Å²) in [6.45, 7) is 4.80. The molecule has 6 nitrogen and oxygen atoms in total. The Labute approximate surface area is 142 Å². The van der Waals surface area contributed by atoms with Crippen molar-refractivity contribution < 1.29 is 18.7 Å². The molecule has 0 saturated heterocycles. The molecule has 0 bridgehead atoms. The van der Waals surface area contributed by atoms with Crippen molar-refractivity contribution in [2.45, 2.75) is 26.9 Å². The van der Waals surface area contributed by atoms with Gasteiger partial charge < -0.3 is 14.5 Å². The molecule has 122 valence electrons. The first-order valence-corrected chi connectivity index (χ1v) is 7.43. The lowest BCUT2D eigenvalue weighted by Crippen LogP contribution is -2.30. The maximum Gasteiger partial charge on any atom is 0.342 e. The zero-order valence-corrected chi connectivity index (χ0v) is 14.2. The number of anilines is 1. The van der Waals surface area contributed by atoms with Gasteiger partial charge in [-0.25, -0.2) is 9.78 Å². The summed E-state index contributed by atoms with van der Waals surface area (Å²) >= 11 is 11.7. The van der Waals surface area contributed by atoms with E-state index in [2.05, 4.69) is 10.3 Å². The van der Waals surface area contributed by atoms with Gasteiger partial charge in [-0.1, -0.05) is 23.2 Å². The van der Waals surface area contributed by atoms with Gasteiger partial charge in [0.15, 0.2) is 11.9 Å². The number of aromatic nitrogens is 1. The highest BCUT2D eigenvalue weighted by atomic mass is 35.5. The van der Waals surface area contributed by atoms with Crippen LogP contribution >= 0.6 is 23.2 Å². The maximum atomic E-state index is 12.1. The van der Waals surface area contributed by atoms with Gasteiger partial charge in [0.05, 0.1) is 10.0 Å². The molecule has 0 unspecified atom stereocenters. The van der Waals surface area contributed by atoms with Gasteiger partial charge in [0.2, 0.25) is 0 Å². The predicted molar refractivity (Wildman–Crippen MR) is 85.9 cm³/mol. The lowest BCUT2D eigenvalue weighted by Gasteiger charge is -2.13. The number of aryl methyl sites for hydroxylation is 2. The maximum absolute atomic E-state index is 12.1. The first-order valence-electron chi connectivity index (χ1n) is 6.68. The Balaban J connectivity index is 2.02. The van der Waals surface area contributed by atoms with Crippen LogP contribution in [0.3, 0.4) is 0 Å². The van der Waals surface area contributed by atoms with Gasteiger partial charge in [0, 0.05) is 6.20 Å². The molecule has 0 aliphatic heterocycles. The summed E-state index contributed by atoms with van der Waals surface area (Å²) in [6, 6.07) is 3.00. The van der Waals surface area contributed by atoms with Gasteiger partial charge in [-0.15, -0.1) is 0 Å². The van der Waals surface area contributed by atoms with Crippen molar-refractivity contribution in [2.24, 2.45) is 0 Å². The summed E-state index contributed by atoms with van der Waals surface area (Å²) < 4.78 is 10.4. The Morgan fingerprint density at radius 3 is 2.57 bits per heavy atom. The molecule has 2 aromatic rings. The fraction of sp³-hybridized carbons (Fsp3) is 0.267. The van der Waals surface area contributed by atoms with Crippen LogP contribution in [0.2, 0.25) is 10.0 Å². The quantitative estimate of drug-likeness (QED) is 0.842. The lowest BCUT2D eigenvalue weighted by atomic mass is 10.2. The van der Waals surface area contributed by atoms with E-state index in [1.54, 1.807) is 19.9 Å². The molecule has 0 aliphatic rings. The number of pyridine rings is 1. The SMILES string of the molecule is Cc1cc(C(=O)O[C@H](C)C(=O)Nc2ncc(Cl)cc2Cl)c(C)o1. The lowest BCUT2D eigenvalue weighted by molar-refractivity contribution is -0.123. The van der Waals surface area contributed by atoms with E-state index in [9.17, 15) is 9.59 Å². The van der Waals surface area contributed by atoms with Crippen LogP contribution in [0.4, 0.5) is 5.82 Å². The van der Waals surface area contributed by atoms with Gasteiger partial charge >= 0.3 is 5.97 Å². The number of nitrogens with one attached hydrogen (secondary N) is 1. The second-order valence-electron chi connectivity index (χ2n) is 4.85. The molecular weight excluding hydrogens is 343 g/mol. The molecule has 0 fully saturated rings. The second kappa shape index (κ2) is 7.02. The van der Waals surface area contributed by atoms with Gasteiger partial charge in [-0.2, -0.15) is 0 Å². The number of carbonyl (C=O) groups is 2. The minimum atomic E-state index is -1.04.